The van der Waals surface area contributed by atoms with E-state index in [2.05, 4.69) is 10.0 Å². The minimum absolute atomic E-state index is 0. The summed E-state index contributed by atoms with van der Waals surface area (Å²) in [6.45, 7) is 3.45. The second-order valence-electron chi connectivity index (χ2n) is 6.73. The maximum Gasteiger partial charge on any atom is 0.240 e. The first-order valence-electron chi connectivity index (χ1n) is 8.50. The van der Waals surface area contributed by atoms with E-state index in [1.807, 2.05) is 0 Å². The van der Waals surface area contributed by atoms with Crippen molar-refractivity contribution >= 4 is 22.4 Å². The first-order chi connectivity index (χ1) is 11.5. The summed E-state index contributed by atoms with van der Waals surface area (Å²) in [4.78, 5) is 0.313. The third kappa shape index (κ3) is 4.86. The van der Waals surface area contributed by atoms with E-state index in [-0.39, 0.29) is 17.8 Å². The van der Waals surface area contributed by atoms with E-state index in [1.165, 1.54) is 0 Å². The Labute approximate surface area is 156 Å². The average Bonchev–Trinajstić information content (AvgIpc) is 2.61. The lowest BCUT2D eigenvalue weighted by Crippen LogP contribution is -2.47. The molecule has 1 aromatic rings. The number of ether oxygens (including phenoxy) is 2. The van der Waals surface area contributed by atoms with Crippen molar-refractivity contribution in [3.8, 4) is 5.75 Å². The summed E-state index contributed by atoms with van der Waals surface area (Å²) >= 11 is 0. The molecule has 1 aromatic carbocycles. The lowest BCUT2D eigenvalue weighted by molar-refractivity contribution is 0.0577. The summed E-state index contributed by atoms with van der Waals surface area (Å²) < 4.78 is 39.1. The van der Waals surface area contributed by atoms with Crippen molar-refractivity contribution in [2.24, 2.45) is 5.41 Å². The maximum atomic E-state index is 12.7. The molecule has 0 spiro atoms. The van der Waals surface area contributed by atoms with Gasteiger partial charge in [-0.15, -0.1) is 12.4 Å². The van der Waals surface area contributed by atoms with Crippen molar-refractivity contribution in [3.05, 3.63) is 23.8 Å². The van der Waals surface area contributed by atoms with E-state index < -0.39 is 10.0 Å². The van der Waals surface area contributed by atoms with Gasteiger partial charge in [-0.3, -0.25) is 0 Å². The number of aryl methyl sites for hydroxylation is 1. The molecule has 0 amide bonds. The molecule has 0 unspecified atom stereocenters. The van der Waals surface area contributed by atoms with E-state index in [9.17, 15) is 8.42 Å². The van der Waals surface area contributed by atoms with E-state index in [1.54, 1.807) is 25.3 Å². The van der Waals surface area contributed by atoms with Crippen LogP contribution in [0.4, 0.5) is 0 Å². The van der Waals surface area contributed by atoms with Crippen LogP contribution in [0.3, 0.4) is 0 Å². The number of fused-ring (bicyclic) bond motifs is 1. The Balaban J connectivity index is 0.00000225. The second kappa shape index (κ2) is 8.68. The van der Waals surface area contributed by atoms with Gasteiger partial charge in [0, 0.05) is 19.1 Å². The van der Waals surface area contributed by atoms with Gasteiger partial charge in [0.05, 0.1) is 18.1 Å². The normalized spacial score (nSPS) is 19.4. The third-order valence-corrected chi connectivity index (χ3v) is 6.34. The van der Waals surface area contributed by atoms with Crippen LogP contribution in [0.15, 0.2) is 23.1 Å². The number of hydrogen-bond acceptors (Lipinski definition) is 5. The van der Waals surface area contributed by atoms with E-state index in [0.29, 0.717) is 24.7 Å². The average molecular weight is 391 g/mol. The minimum Gasteiger partial charge on any atom is -0.493 e. The second-order valence-corrected chi connectivity index (χ2v) is 8.50. The van der Waals surface area contributed by atoms with Crippen molar-refractivity contribution in [2.75, 3.05) is 40.0 Å². The number of nitrogens with one attached hydrogen (secondary N) is 2. The lowest BCUT2D eigenvalue weighted by Gasteiger charge is -2.37. The first kappa shape index (κ1) is 20.5. The molecule has 8 heteroatoms. The SMILES string of the molecule is COCC1(CNS(=O)(=O)c2ccc3c(c2)CCCO3)CCNCC1.Cl. The first-order valence-corrected chi connectivity index (χ1v) is 9.98. The zero-order chi connectivity index (χ0) is 17.0. The van der Waals surface area contributed by atoms with Gasteiger partial charge in [0.15, 0.2) is 0 Å². The molecular weight excluding hydrogens is 364 g/mol. The number of piperidine rings is 1. The zero-order valence-electron chi connectivity index (χ0n) is 14.5. The number of methoxy groups -OCH3 is 1. The molecule has 0 radical (unpaired) electrons. The molecule has 0 atom stereocenters. The van der Waals surface area contributed by atoms with Crippen LogP contribution in [-0.4, -0.2) is 48.4 Å². The summed E-state index contributed by atoms with van der Waals surface area (Å²) in [7, 11) is -1.86. The van der Waals surface area contributed by atoms with Gasteiger partial charge in [0.2, 0.25) is 10.0 Å². The number of hydrogen-bond donors (Lipinski definition) is 2. The van der Waals surface area contributed by atoms with Gasteiger partial charge in [-0.05, 0) is 62.5 Å². The van der Waals surface area contributed by atoms with E-state index in [0.717, 1.165) is 50.1 Å². The molecule has 2 aliphatic rings. The van der Waals surface area contributed by atoms with Gasteiger partial charge < -0.3 is 14.8 Å². The molecule has 25 heavy (non-hydrogen) atoms. The predicted octanol–water partition coefficient (Wildman–Crippen LogP) is 1.73. The molecule has 2 N–H and O–H groups in total. The van der Waals surface area contributed by atoms with E-state index in [4.69, 9.17) is 9.47 Å². The van der Waals surface area contributed by atoms with Gasteiger partial charge in [-0.2, -0.15) is 0 Å². The summed E-state index contributed by atoms with van der Waals surface area (Å²) in [5.74, 6) is 0.800. The monoisotopic (exact) mass is 390 g/mol. The van der Waals surface area contributed by atoms with Gasteiger partial charge in [0.1, 0.15) is 5.75 Å². The molecule has 142 valence electrons. The molecule has 0 bridgehead atoms. The molecule has 3 rings (SSSR count). The highest BCUT2D eigenvalue weighted by Crippen LogP contribution is 2.30. The quantitative estimate of drug-likeness (QED) is 0.773. The number of benzene rings is 1. The number of sulfonamides is 1. The van der Waals surface area contributed by atoms with Crippen LogP contribution in [0.2, 0.25) is 0 Å². The van der Waals surface area contributed by atoms with Crippen LogP contribution in [0.1, 0.15) is 24.8 Å². The Kier molecular flexibility index (Phi) is 7.10. The van der Waals surface area contributed by atoms with Crippen LogP contribution >= 0.6 is 12.4 Å². The van der Waals surface area contributed by atoms with Gasteiger partial charge in [-0.1, -0.05) is 0 Å². The van der Waals surface area contributed by atoms with Crippen LogP contribution in [0.5, 0.6) is 5.75 Å². The fraction of sp³-hybridized carbons (Fsp3) is 0.647. The van der Waals surface area contributed by atoms with Gasteiger partial charge in [-0.25, -0.2) is 13.1 Å². The van der Waals surface area contributed by atoms with Crippen molar-refractivity contribution in [2.45, 2.75) is 30.6 Å². The molecule has 0 aliphatic carbocycles. The van der Waals surface area contributed by atoms with Crippen molar-refractivity contribution in [1.82, 2.24) is 10.0 Å². The Morgan fingerprint density at radius 1 is 1.32 bits per heavy atom. The largest absolute Gasteiger partial charge is 0.493 e. The van der Waals surface area contributed by atoms with E-state index >= 15 is 0 Å². The zero-order valence-corrected chi connectivity index (χ0v) is 16.2. The third-order valence-electron chi connectivity index (χ3n) is 4.94. The summed E-state index contributed by atoms with van der Waals surface area (Å²) in [6.07, 6.45) is 3.59. The lowest BCUT2D eigenvalue weighted by atomic mass is 9.80. The highest BCUT2D eigenvalue weighted by Gasteiger charge is 2.33. The van der Waals surface area contributed by atoms with Gasteiger partial charge in [0.25, 0.3) is 0 Å². The molecule has 0 aromatic heterocycles. The van der Waals surface area contributed by atoms with Gasteiger partial charge >= 0.3 is 0 Å². The van der Waals surface area contributed by atoms with Crippen LogP contribution in [0.25, 0.3) is 0 Å². The number of rotatable bonds is 6. The molecular formula is C17H27ClN2O4S. The Morgan fingerprint density at radius 3 is 2.80 bits per heavy atom. The summed E-state index contributed by atoms with van der Waals surface area (Å²) in [6, 6.07) is 5.12. The standard InChI is InChI=1S/C17H26N2O4S.ClH/c1-22-13-17(6-8-18-9-7-17)12-19-24(20,21)15-4-5-16-14(11-15)3-2-10-23-16;/h4-5,11,18-19H,2-3,6-10,12-13H2,1H3;1H. The van der Waals surface area contributed by atoms with Crippen molar-refractivity contribution in [1.29, 1.82) is 0 Å². The molecule has 2 aliphatic heterocycles. The smallest absolute Gasteiger partial charge is 0.240 e. The molecule has 0 saturated carbocycles. The molecule has 6 nitrogen and oxygen atoms in total. The summed E-state index contributed by atoms with van der Waals surface area (Å²) in [5.41, 5.74) is 0.835. The topological polar surface area (TPSA) is 76.7 Å². The van der Waals surface area contributed by atoms with Crippen LogP contribution < -0.4 is 14.8 Å². The van der Waals surface area contributed by atoms with Crippen molar-refractivity contribution < 1.29 is 17.9 Å². The van der Waals surface area contributed by atoms with Crippen LogP contribution in [0, 0.1) is 5.41 Å². The maximum absolute atomic E-state index is 12.7. The molecule has 1 saturated heterocycles. The van der Waals surface area contributed by atoms with Crippen LogP contribution in [-0.2, 0) is 21.2 Å². The molecule has 1 fully saturated rings. The number of halogens is 1. The highest BCUT2D eigenvalue weighted by molar-refractivity contribution is 7.89. The minimum atomic E-state index is -3.53. The Morgan fingerprint density at radius 2 is 2.08 bits per heavy atom. The fourth-order valence-corrected chi connectivity index (χ4v) is 4.68. The highest BCUT2D eigenvalue weighted by atomic mass is 35.5. The molecule has 2 heterocycles. The Bertz CT molecular complexity index is 670. The predicted molar refractivity (Wildman–Crippen MR) is 99.1 cm³/mol. The summed E-state index contributed by atoms with van der Waals surface area (Å²) in [5, 5.41) is 3.31. The fourth-order valence-electron chi connectivity index (χ4n) is 3.47. The van der Waals surface area contributed by atoms with Crippen molar-refractivity contribution in [3.63, 3.8) is 0 Å². The Hall–Kier alpha value is -0.860.